The fourth-order valence-electron chi connectivity index (χ4n) is 3.71. The van der Waals surface area contributed by atoms with Crippen LogP contribution in [0.25, 0.3) is 0 Å². The van der Waals surface area contributed by atoms with Gasteiger partial charge in [-0.1, -0.05) is 12.1 Å². The first-order chi connectivity index (χ1) is 15.9. The number of ether oxygens (including phenoxy) is 1. The Bertz CT molecular complexity index is 1000. The van der Waals surface area contributed by atoms with Crippen LogP contribution in [0.1, 0.15) is 51.2 Å². The third kappa shape index (κ3) is 6.32. The van der Waals surface area contributed by atoms with Crippen LogP contribution in [-0.4, -0.2) is 29.4 Å². The molecule has 34 heavy (non-hydrogen) atoms. The molecule has 1 aliphatic heterocycles. The molecule has 1 fully saturated rings. The summed E-state index contributed by atoms with van der Waals surface area (Å²) in [7, 11) is 0. The van der Waals surface area contributed by atoms with Gasteiger partial charge in [-0.05, 0) is 50.6 Å². The van der Waals surface area contributed by atoms with Crippen molar-refractivity contribution in [2.24, 2.45) is 5.16 Å². The van der Waals surface area contributed by atoms with Crippen LogP contribution in [0.3, 0.4) is 0 Å². The molecule has 1 aromatic carbocycles. The van der Waals surface area contributed by atoms with Gasteiger partial charge in [0.05, 0.1) is 16.8 Å². The van der Waals surface area contributed by atoms with Crippen LogP contribution in [0.5, 0.6) is 11.5 Å². The van der Waals surface area contributed by atoms with Crippen LogP contribution in [0.4, 0.5) is 32.2 Å². The summed E-state index contributed by atoms with van der Waals surface area (Å²) in [6, 6.07) is 5.25. The normalized spacial score (nSPS) is 19.0. The van der Waals surface area contributed by atoms with Gasteiger partial charge in [0, 0.05) is 31.6 Å². The summed E-state index contributed by atoms with van der Waals surface area (Å²) in [6.45, 7) is 5.69. The van der Waals surface area contributed by atoms with Gasteiger partial charge in [-0.3, -0.25) is 0 Å². The number of halogens is 6. The molecule has 0 aliphatic carbocycles. The number of oxime groups is 1. The number of aromatic nitrogens is 1. The Balaban J connectivity index is 1.76. The Labute approximate surface area is 193 Å². The molecule has 2 aromatic rings. The fourth-order valence-corrected chi connectivity index (χ4v) is 3.71. The molecule has 2 atom stereocenters. The van der Waals surface area contributed by atoms with E-state index >= 15 is 0 Å². The van der Waals surface area contributed by atoms with Crippen molar-refractivity contribution in [1.82, 2.24) is 4.98 Å². The first-order valence-electron chi connectivity index (χ1n) is 10.7. The fraction of sp³-hybridized carbons (Fsp3) is 0.478. The van der Waals surface area contributed by atoms with Gasteiger partial charge in [0.1, 0.15) is 11.9 Å². The van der Waals surface area contributed by atoms with Gasteiger partial charge in [0.25, 0.3) is 0 Å². The van der Waals surface area contributed by atoms with E-state index in [0.29, 0.717) is 37.3 Å². The third-order valence-corrected chi connectivity index (χ3v) is 5.40. The van der Waals surface area contributed by atoms with Crippen LogP contribution in [0.2, 0.25) is 0 Å². The number of piperidine rings is 1. The topological polar surface area (TPSA) is 47.0 Å². The van der Waals surface area contributed by atoms with Crippen molar-refractivity contribution in [2.45, 2.75) is 64.5 Å². The zero-order valence-corrected chi connectivity index (χ0v) is 18.9. The summed E-state index contributed by atoms with van der Waals surface area (Å²) in [6.07, 6.45) is -6.84. The maximum atomic E-state index is 13.1. The van der Waals surface area contributed by atoms with Crippen molar-refractivity contribution >= 4 is 11.5 Å². The summed E-state index contributed by atoms with van der Waals surface area (Å²) >= 11 is 0. The van der Waals surface area contributed by atoms with Crippen LogP contribution in [0, 0.1) is 0 Å². The van der Waals surface area contributed by atoms with E-state index in [1.54, 1.807) is 13.8 Å². The van der Waals surface area contributed by atoms with Gasteiger partial charge in [-0.25, -0.2) is 4.98 Å². The van der Waals surface area contributed by atoms with Crippen molar-refractivity contribution in [3.63, 3.8) is 0 Å². The molecule has 1 saturated heterocycles. The molecular formula is C23H25F6N3O2. The average molecular weight is 489 g/mol. The lowest BCUT2D eigenvalue weighted by Gasteiger charge is -2.40. The van der Waals surface area contributed by atoms with Crippen molar-refractivity contribution in [1.29, 1.82) is 0 Å². The van der Waals surface area contributed by atoms with Crippen LogP contribution < -0.4 is 14.5 Å². The number of anilines is 1. The number of hydrogen-bond acceptors (Lipinski definition) is 5. The summed E-state index contributed by atoms with van der Waals surface area (Å²) in [5.41, 5.74) is -1.18. The van der Waals surface area contributed by atoms with Crippen molar-refractivity contribution in [2.75, 3.05) is 11.4 Å². The van der Waals surface area contributed by atoms with Crippen LogP contribution in [-0.2, 0) is 12.4 Å². The predicted molar refractivity (Wildman–Crippen MR) is 115 cm³/mol. The van der Waals surface area contributed by atoms with Crippen molar-refractivity contribution in [3.05, 3.63) is 47.7 Å². The summed E-state index contributed by atoms with van der Waals surface area (Å²) in [5, 5.41) is 3.75. The first-order valence-corrected chi connectivity index (χ1v) is 10.7. The number of rotatable bonds is 6. The molecule has 0 saturated carbocycles. The quantitative estimate of drug-likeness (QED) is 0.257. The second-order valence-electron chi connectivity index (χ2n) is 8.21. The van der Waals surface area contributed by atoms with Gasteiger partial charge in [0.2, 0.25) is 0 Å². The lowest BCUT2D eigenvalue weighted by atomic mass is 9.97. The highest BCUT2D eigenvalue weighted by atomic mass is 19.4. The third-order valence-electron chi connectivity index (χ3n) is 5.40. The largest absolute Gasteiger partial charge is 0.486 e. The highest BCUT2D eigenvalue weighted by Gasteiger charge is 2.34. The van der Waals surface area contributed by atoms with E-state index in [1.165, 1.54) is 12.1 Å². The average Bonchev–Trinajstić information content (AvgIpc) is 2.77. The minimum absolute atomic E-state index is 0.0716. The Morgan fingerprint density at radius 1 is 1.03 bits per heavy atom. The molecule has 0 N–H and O–H groups in total. The Hall–Kier alpha value is -2.98. The molecule has 1 aromatic heterocycles. The summed E-state index contributed by atoms with van der Waals surface area (Å²) in [5.74, 6) is 0.430. The molecule has 1 aliphatic rings. The molecule has 0 spiro atoms. The van der Waals surface area contributed by atoms with E-state index in [1.807, 2.05) is 11.8 Å². The molecule has 0 bridgehead atoms. The monoisotopic (exact) mass is 489 g/mol. The van der Waals surface area contributed by atoms with Gasteiger partial charge in [-0.15, -0.1) is 0 Å². The number of alkyl halides is 6. The summed E-state index contributed by atoms with van der Waals surface area (Å²) < 4.78 is 83.9. The van der Waals surface area contributed by atoms with Crippen molar-refractivity contribution < 1.29 is 35.9 Å². The first kappa shape index (κ1) is 25.6. The van der Waals surface area contributed by atoms with Gasteiger partial charge >= 0.3 is 12.4 Å². The van der Waals surface area contributed by atoms with Crippen LogP contribution >= 0.6 is 0 Å². The standard InChI is InChI=1S/C23H25F6N3O2/c1-4-17-12-18(9-10-32(17)21-8-6-16(13-30-21)23(27,28)29)33-19-7-5-15(22(24,25)26)11-20(19)34-31-14(2)3/h5-8,11,13,17-18H,4,9-10,12H2,1-3H3/t17-,18-/m0/s1. The van der Waals surface area contributed by atoms with E-state index in [4.69, 9.17) is 9.57 Å². The Morgan fingerprint density at radius 3 is 2.26 bits per heavy atom. The number of nitrogens with zero attached hydrogens (tertiary/aromatic N) is 3. The second kappa shape index (κ2) is 10.1. The second-order valence-corrected chi connectivity index (χ2v) is 8.21. The molecule has 11 heteroatoms. The zero-order valence-electron chi connectivity index (χ0n) is 18.9. The Kier molecular flexibility index (Phi) is 7.62. The maximum absolute atomic E-state index is 13.1. The molecule has 2 heterocycles. The molecule has 0 unspecified atom stereocenters. The van der Waals surface area contributed by atoms with E-state index in [2.05, 4.69) is 10.1 Å². The maximum Gasteiger partial charge on any atom is 0.417 e. The zero-order chi connectivity index (χ0) is 25.1. The van der Waals surface area contributed by atoms with Gasteiger partial charge < -0.3 is 14.5 Å². The lowest BCUT2D eigenvalue weighted by molar-refractivity contribution is -0.138. The number of benzene rings is 1. The molecule has 3 rings (SSSR count). The van der Waals surface area contributed by atoms with Gasteiger partial charge in [0.15, 0.2) is 11.5 Å². The number of pyridine rings is 1. The smallest absolute Gasteiger partial charge is 0.417 e. The minimum Gasteiger partial charge on any atom is -0.486 e. The number of hydrogen-bond donors (Lipinski definition) is 0. The molecule has 5 nitrogen and oxygen atoms in total. The highest BCUT2D eigenvalue weighted by molar-refractivity contribution is 5.78. The van der Waals surface area contributed by atoms with Crippen LogP contribution in [0.15, 0.2) is 41.7 Å². The summed E-state index contributed by atoms with van der Waals surface area (Å²) in [4.78, 5) is 11.1. The van der Waals surface area contributed by atoms with E-state index in [0.717, 1.165) is 24.4 Å². The molecule has 0 amide bonds. The van der Waals surface area contributed by atoms with E-state index in [9.17, 15) is 26.3 Å². The lowest BCUT2D eigenvalue weighted by Crippen LogP contribution is -2.46. The van der Waals surface area contributed by atoms with E-state index < -0.39 is 23.5 Å². The van der Waals surface area contributed by atoms with Gasteiger partial charge in [-0.2, -0.15) is 26.3 Å². The predicted octanol–water partition coefficient (Wildman–Crippen LogP) is 6.72. The minimum atomic E-state index is -4.55. The Morgan fingerprint density at radius 2 is 1.71 bits per heavy atom. The van der Waals surface area contributed by atoms with E-state index in [-0.39, 0.29) is 23.6 Å². The van der Waals surface area contributed by atoms with Crippen molar-refractivity contribution in [3.8, 4) is 11.5 Å². The molecular weight excluding hydrogens is 464 g/mol. The highest BCUT2D eigenvalue weighted by Crippen LogP contribution is 2.38. The molecule has 186 valence electrons. The molecule has 0 radical (unpaired) electrons. The SMILES string of the molecule is CC[C@H]1C[C@@H](Oc2ccc(C(F)(F)F)cc2ON=C(C)C)CCN1c1ccc(C(F)(F)F)cn1.